The van der Waals surface area contributed by atoms with E-state index in [1.807, 2.05) is 49.4 Å². The zero-order valence-electron chi connectivity index (χ0n) is 21.2. The summed E-state index contributed by atoms with van der Waals surface area (Å²) < 4.78 is 25.0. The smallest absolute Gasteiger partial charge is 0.338 e. The van der Waals surface area contributed by atoms with Crippen LogP contribution in [0.1, 0.15) is 37.9 Å². The number of nitrogens with zero attached hydrogens (tertiary/aromatic N) is 2. The van der Waals surface area contributed by atoms with Gasteiger partial charge in [-0.2, -0.15) is 0 Å². The van der Waals surface area contributed by atoms with Gasteiger partial charge in [-0.25, -0.2) is 9.79 Å². The lowest BCUT2D eigenvalue weighted by molar-refractivity contribution is -0.139. The number of carbonyl (C=O) groups excluding carboxylic acids is 1. The molecular formula is C27H27IN2O6S. The highest BCUT2D eigenvalue weighted by molar-refractivity contribution is 14.1. The predicted octanol–water partition coefficient (Wildman–Crippen LogP) is 3.82. The predicted molar refractivity (Wildman–Crippen MR) is 150 cm³/mol. The number of hydrogen-bond acceptors (Lipinski definition) is 8. The van der Waals surface area contributed by atoms with Gasteiger partial charge in [0.15, 0.2) is 16.3 Å². The fourth-order valence-electron chi connectivity index (χ4n) is 4.20. The molecule has 0 unspecified atom stereocenters. The number of fused-ring (bicyclic) bond motifs is 1. The molecule has 10 heteroatoms. The molecule has 1 aromatic heterocycles. The van der Waals surface area contributed by atoms with Gasteiger partial charge in [-0.3, -0.25) is 9.36 Å². The summed E-state index contributed by atoms with van der Waals surface area (Å²) in [6.45, 7) is 6.04. The highest BCUT2D eigenvalue weighted by Gasteiger charge is 2.35. The number of methoxy groups -OCH3 is 2. The van der Waals surface area contributed by atoms with Gasteiger partial charge < -0.3 is 18.9 Å². The lowest BCUT2D eigenvalue weighted by Crippen LogP contribution is -2.40. The molecule has 1 aliphatic heterocycles. The quantitative estimate of drug-likeness (QED) is 0.277. The third-order valence-electron chi connectivity index (χ3n) is 5.82. The summed E-state index contributed by atoms with van der Waals surface area (Å²) in [6, 6.07) is 10.4. The van der Waals surface area contributed by atoms with E-state index >= 15 is 0 Å². The summed E-state index contributed by atoms with van der Waals surface area (Å²) in [4.78, 5) is 32.2. The lowest BCUT2D eigenvalue weighted by atomic mass is 9.95. The maximum absolute atomic E-state index is 13.9. The minimum atomic E-state index is -0.746. The largest absolute Gasteiger partial charge is 0.494 e. The molecule has 0 radical (unpaired) electrons. The number of esters is 1. The van der Waals surface area contributed by atoms with Crippen molar-refractivity contribution >= 4 is 46.0 Å². The second-order valence-corrected chi connectivity index (χ2v) is 10.2. The molecule has 0 amide bonds. The van der Waals surface area contributed by atoms with E-state index in [0.29, 0.717) is 50.0 Å². The Kier molecular flexibility index (Phi) is 8.38. The maximum atomic E-state index is 13.9. The van der Waals surface area contributed by atoms with Crippen LogP contribution in [0.15, 0.2) is 57.5 Å². The number of allylic oxidation sites excluding steroid dienone is 1. The summed E-state index contributed by atoms with van der Waals surface area (Å²) >= 11 is 3.46. The number of para-hydroxylation sites is 1. The highest BCUT2D eigenvalue weighted by atomic mass is 127. The summed E-state index contributed by atoms with van der Waals surface area (Å²) in [5.74, 6) is 1.25. The molecule has 8 nitrogen and oxygen atoms in total. The van der Waals surface area contributed by atoms with Crippen LogP contribution in [0, 0.1) is 3.57 Å². The number of halogens is 1. The fraction of sp³-hybridized carbons (Fsp3) is 0.296. The minimum Gasteiger partial charge on any atom is -0.494 e. The summed E-state index contributed by atoms with van der Waals surface area (Å²) in [6.07, 6.45) is 1.81. The van der Waals surface area contributed by atoms with Crippen molar-refractivity contribution in [3.8, 4) is 17.2 Å². The number of ether oxygens (including phenoxy) is 4. The lowest BCUT2D eigenvalue weighted by Gasteiger charge is -2.26. The van der Waals surface area contributed by atoms with Gasteiger partial charge in [-0.15, -0.1) is 0 Å². The summed E-state index contributed by atoms with van der Waals surface area (Å²) in [5, 5.41) is 0. The second kappa shape index (κ2) is 11.5. The van der Waals surface area contributed by atoms with Crippen LogP contribution in [0.3, 0.4) is 0 Å². The zero-order chi connectivity index (χ0) is 26.7. The van der Waals surface area contributed by atoms with Gasteiger partial charge in [0.1, 0.15) is 11.8 Å². The summed E-state index contributed by atoms with van der Waals surface area (Å²) in [5.41, 5.74) is 2.04. The molecule has 0 N–H and O–H groups in total. The third kappa shape index (κ3) is 5.17. The van der Waals surface area contributed by atoms with E-state index in [9.17, 15) is 9.59 Å². The summed E-state index contributed by atoms with van der Waals surface area (Å²) in [7, 11) is 3.15. The van der Waals surface area contributed by atoms with Gasteiger partial charge in [-0.1, -0.05) is 29.5 Å². The first-order chi connectivity index (χ1) is 17.8. The van der Waals surface area contributed by atoms with Crippen LogP contribution < -0.4 is 29.1 Å². The normalized spacial score (nSPS) is 15.2. The van der Waals surface area contributed by atoms with E-state index in [1.165, 1.54) is 11.3 Å². The van der Waals surface area contributed by atoms with Gasteiger partial charge in [0.25, 0.3) is 5.56 Å². The molecule has 0 saturated heterocycles. The Bertz CT molecular complexity index is 1560. The van der Waals surface area contributed by atoms with Crippen LogP contribution in [0.4, 0.5) is 0 Å². The van der Waals surface area contributed by atoms with Crippen molar-refractivity contribution in [1.29, 1.82) is 0 Å². The minimum absolute atomic E-state index is 0.206. The first-order valence-corrected chi connectivity index (χ1v) is 13.6. The number of aromatic nitrogens is 1. The van der Waals surface area contributed by atoms with E-state index in [1.54, 1.807) is 32.6 Å². The van der Waals surface area contributed by atoms with E-state index in [4.69, 9.17) is 18.9 Å². The van der Waals surface area contributed by atoms with Crippen molar-refractivity contribution < 1.29 is 23.7 Å². The van der Waals surface area contributed by atoms with Crippen molar-refractivity contribution in [2.75, 3.05) is 27.4 Å². The van der Waals surface area contributed by atoms with Crippen molar-refractivity contribution in [2.24, 2.45) is 4.99 Å². The Morgan fingerprint density at radius 1 is 1.11 bits per heavy atom. The van der Waals surface area contributed by atoms with Gasteiger partial charge in [0.2, 0.25) is 0 Å². The van der Waals surface area contributed by atoms with E-state index < -0.39 is 12.0 Å². The zero-order valence-corrected chi connectivity index (χ0v) is 24.1. The van der Waals surface area contributed by atoms with E-state index in [-0.39, 0.29) is 12.2 Å². The van der Waals surface area contributed by atoms with Crippen LogP contribution in [0.25, 0.3) is 6.08 Å². The third-order valence-corrected chi connectivity index (χ3v) is 7.74. The molecule has 1 aliphatic rings. The van der Waals surface area contributed by atoms with Crippen LogP contribution in [-0.2, 0) is 9.53 Å². The van der Waals surface area contributed by atoms with Crippen LogP contribution >= 0.6 is 33.9 Å². The molecule has 1 atom stereocenters. The first-order valence-electron chi connectivity index (χ1n) is 11.7. The molecule has 3 aromatic rings. The topological polar surface area (TPSA) is 88.4 Å². The van der Waals surface area contributed by atoms with Crippen LogP contribution in [0.5, 0.6) is 17.2 Å². The molecular weight excluding hydrogens is 607 g/mol. The van der Waals surface area contributed by atoms with Crippen LogP contribution in [0.2, 0.25) is 0 Å². The van der Waals surface area contributed by atoms with Gasteiger partial charge in [0.05, 0.1) is 43.2 Å². The average molecular weight is 634 g/mol. The monoisotopic (exact) mass is 634 g/mol. The van der Waals surface area contributed by atoms with E-state index in [2.05, 4.69) is 27.6 Å². The number of hydrogen-bond donors (Lipinski definition) is 0. The SMILES string of the molecule is CCOC(=O)C1=C(C)N=c2s/c(=C\c3cc(OC)c(OC)cc3I)c(=O)n2[C@@H]1c1ccccc1OCC. The van der Waals surface area contributed by atoms with Crippen molar-refractivity contribution in [1.82, 2.24) is 4.57 Å². The molecule has 2 heterocycles. The molecule has 0 aliphatic carbocycles. The molecule has 0 fully saturated rings. The maximum Gasteiger partial charge on any atom is 0.338 e. The van der Waals surface area contributed by atoms with Crippen LogP contribution in [-0.4, -0.2) is 38.0 Å². The molecule has 2 aromatic carbocycles. The molecule has 0 saturated carbocycles. The van der Waals surface area contributed by atoms with Gasteiger partial charge >= 0.3 is 5.97 Å². The number of rotatable bonds is 8. The fourth-order valence-corrected chi connectivity index (χ4v) is 5.83. The Morgan fingerprint density at radius 3 is 2.49 bits per heavy atom. The molecule has 4 rings (SSSR count). The van der Waals surface area contributed by atoms with E-state index in [0.717, 1.165) is 9.13 Å². The van der Waals surface area contributed by atoms with Crippen molar-refractivity contribution in [3.05, 3.63) is 82.1 Å². The number of thiazole rings is 1. The van der Waals surface area contributed by atoms with Crippen molar-refractivity contribution in [3.63, 3.8) is 0 Å². The molecule has 0 spiro atoms. The molecule has 0 bridgehead atoms. The Balaban J connectivity index is 1.98. The Morgan fingerprint density at radius 2 is 1.81 bits per heavy atom. The second-order valence-electron chi connectivity index (χ2n) is 8.00. The van der Waals surface area contributed by atoms with Gasteiger partial charge in [-0.05, 0) is 73.2 Å². The van der Waals surface area contributed by atoms with Crippen molar-refractivity contribution in [2.45, 2.75) is 26.8 Å². The Labute approximate surface area is 232 Å². The molecule has 37 heavy (non-hydrogen) atoms. The average Bonchev–Trinajstić information content (AvgIpc) is 3.19. The molecule has 194 valence electrons. The standard InChI is InChI=1S/C27H27IN2O6S/c1-6-35-19-11-9-8-10-17(19)24-23(26(32)36-7-2)15(3)29-27-30(24)25(31)22(37-27)13-16-12-20(33-4)21(34-5)14-18(16)28/h8-14,24H,6-7H2,1-5H3/b22-13-/t24-/m1/s1. The Hall–Kier alpha value is -3.12. The van der Waals surface area contributed by atoms with Gasteiger partial charge in [0, 0.05) is 9.13 Å². The number of benzene rings is 2. The number of carbonyl (C=O) groups is 1. The first kappa shape index (κ1) is 26.9. The highest BCUT2D eigenvalue weighted by Crippen LogP contribution is 2.36.